The van der Waals surface area contributed by atoms with Crippen LogP contribution in [-0.4, -0.2) is 25.8 Å². The predicted octanol–water partition coefficient (Wildman–Crippen LogP) is 1.84. The van der Waals surface area contributed by atoms with Gasteiger partial charge >= 0.3 is 5.97 Å². The molecule has 5 nitrogen and oxygen atoms in total. The van der Waals surface area contributed by atoms with Crippen LogP contribution in [0.3, 0.4) is 0 Å². The van der Waals surface area contributed by atoms with E-state index >= 15 is 0 Å². The van der Waals surface area contributed by atoms with Crippen molar-refractivity contribution in [3.05, 3.63) is 47.0 Å². The first-order valence-electron chi connectivity index (χ1n) is 5.76. The number of nitrogens with zero attached hydrogens (tertiary/aromatic N) is 3. The van der Waals surface area contributed by atoms with Gasteiger partial charge in [-0.15, -0.1) is 0 Å². The molecule has 0 amide bonds. The molecule has 0 radical (unpaired) electrons. The van der Waals surface area contributed by atoms with Crippen LogP contribution in [-0.2, 0) is 13.0 Å². The van der Waals surface area contributed by atoms with Gasteiger partial charge in [-0.3, -0.25) is 0 Å². The van der Waals surface area contributed by atoms with Gasteiger partial charge in [0.25, 0.3) is 0 Å². The minimum atomic E-state index is -0.899. The Morgan fingerprint density at radius 2 is 1.94 bits per heavy atom. The molecule has 0 fully saturated rings. The van der Waals surface area contributed by atoms with Crippen LogP contribution in [0.5, 0.6) is 0 Å². The lowest BCUT2D eigenvalue weighted by atomic mass is 10.1. The van der Waals surface area contributed by atoms with E-state index in [1.165, 1.54) is 0 Å². The van der Waals surface area contributed by atoms with Gasteiger partial charge in [0.1, 0.15) is 11.6 Å². The standard InChI is InChI=1S/C13H15N3O2/c1-9-14-10(2)16(15-9)8-7-11-3-5-12(6-4-11)13(17)18/h3-6H,7-8H2,1-2H3,(H,17,18). The lowest BCUT2D eigenvalue weighted by molar-refractivity contribution is 0.0697. The molecule has 0 aliphatic carbocycles. The Kier molecular flexibility index (Phi) is 3.41. The Morgan fingerprint density at radius 3 is 2.44 bits per heavy atom. The molecule has 0 aliphatic rings. The highest BCUT2D eigenvalue weighted by Gasteiger charge is 2.04. The maximum atomic E-state index is 10.7. The van der Waals surface area contributed by atoms with Crippen LogP contribution in [0.25, 0.3) is 0 Å². The van der Waals surface area contributed by atoms with Crippen LogP contribution in [0.1, 0.15) is 27.6 Å². The number of benzene rings is 1. The van der Waals surface area contributed by atoms with Gasteiger partial charge in [-0.1, -0.05) is 12.1 Å². The molecule has 94 valence electrons. The summed E-state index contributed by atoms with van der Waals surface area (Å²) in [6.07, 6.45) is 0.809. The van der Waals surface area contributed by atoms with Crippen LogP contribution >= 0.6 is 0 Å². The minimum absolute atomic E-state index is 0.312. The summed E-state index contributed by atoms with van der Waals surface area (Å²) in [6.45, 7) is 4.54. The summed E-state index contributed by atoms with van der Waals surface area (Å²) in [6, 6.07) is 6.92. The van der Waals surface area contributed by atoms with Crippen molar-refractivity contribution in [1.82, 2.24) is 14.8 Å². The van der Waals surface area contributed by atoms with Crippen LogP contribution in [0.15, 0.2) is 24.3 Å². The van der Waals surface area contributed by atoms with Crippen LogP contribution in [0, 0.1) is 13.8 Å². The van der Waals surface area contributed by atoms with E-state index in [9.17, 15) is 4.79 Å². The molecule has 0 saturated heterocycles. The zero-order valence-corrected chi connectivity index (χ0v) is 10.4. The highest BCUT2D eigenvalue weighted by molar-refractivity contribution is 5.87. The smallest absolute Gasteiger partial charge is 0.335 e. The fraction of sp³-hybridized carbons (Fsp3) is 0.308. The Hall–Kier alpha value is -2.17. The van der Waals surface area contributed by atoms with Gasteiger partial charge in [0.2, 0.25) is 0 Å². The number of carboxylic acid groups (broad SMARTS) is 1. The first-order chi connectivity index (χ1) is 8.56. The van der Waals surface area contributed by atoms with Crippen molar-refractivity contribution in [2.75, 3.05) is 0 Å². The van der Waals surface area contributed by atoms with Gasteiger partial charge in [-0.25, -0.2) is 14.5 Å². The number of hydrogen-bond donors (Lipinski definition) is 1. The van der Waals surface area contributed by atoms with Gasteiger partial charge in [0, 0.05) is 6.54 Å². The van der Waals surface area contributed by atoms with Crippen molar-refractivity contribution in [3.63, 3.8) is 0 Å². The second-order valence-corrected chi connectivity index (χ2v) is 4.18. The van der Waals surface area contributed by atoms with Gasteiger partial charge in [-0.05, 0) is 38.0 Å². The Balaban J connectivity index is 2.02. The number of hydrogen-bond acceptors (Lipinski definition) is 3. The summed E-state index contributed by atoms with van der Waals surface area (Å²) in [5.41, 5.74) is 1.40. The summed E-state index contributed by atoms with van der Waals surface area (Å²) >= 11 is 0. The highest BCUT2D eigenvalue weighted by Crippen LogP contribution is 2.07. The van der Waals surface area contributed by atoms with Crippen molar-refractivity contribution in [2.24, 2.45) is 0 Å². The highest BCUT2D eigenvalue weighted by atomic mass is 16.4. The number of aromatic nitrogens is 3. The number of carboxylic acids is 1. The average Bonchev–Trinajstić information content (AvgIpc) is 2.66. The van der Waals surface area contributed by atoms with E-state index in [0.29, 0.717) is 5.56 Å². The van der Waals surface area contributed by atoms with Crippen molar-refractivity contribution in [2.45, 2.75) is 26.8 Å². The number of aromatic carboxylic acids is 1. The summed E-state index contributed by atoms with van der Waals surface area (Å²) in [4.78, 5) is 15.0. The fourth-order valence-electron chi connectivity index (χ4n) is 1.82. The van der Waals surface area contributed by atoms with E-state index in [2.05, 4.69) is 10.1 Å². The van der Waals surface area contributed by atoms with E-state index in [0.717, 1.165) is 30.2 Å². The molecule has 5 heteroatoms. The molecule has 0 spiro atoms. The van der Waals surface area contributed by atoms with Crippen LogP contribution in [0.4, 0.5) is 0 Å². The van der Waals surface area contributed by atoms with Gasteiger partial charge < -0.3 is 5.11 Å². The van der Waals surface area contributed by atoms with E-state index in [4.69, 9.17) is 5.11 Å². The molecule has 0 atom stereocenters. The molecule has 1 heterocycles. The van der Waals surface area contributed by atoms with Crippen molar-refractivity contribution in [1.29, 1.82) is 0 Å². The molecular weight excluding hydrogens is 230 g/mol. The first-order valence-corrected chi connectivity index (χ1v) is 5.76. The number of rotatable bonds is 4. The SMILES string of the molecule is Cc1nc(C)n(CCc2ccc(C(=O)O)cc2)n1. The molecule has 0 unspecified atom stereocenters. The summed E-state index contributed by atoms with van der Waals surface area (Å²) in [5.74, 6) is 0.771. The van der Waals surface area contributed by atoms with Gasteiger partial charge in [-0.2, -0.15) is 5.10 Å². The molecule has 0 aliphatic heterocycles. The third-order valence-electron chi connectivity index (χ3n) is 2.78. The van der Waals surface area contributed by atoms with Crippen LogP contribution in [0.2, 0.25) is 0 Å². The van der Waals surface area contributed by atoms with Crippen molar-refractivity contribution >= 4 is 5.97 Å². The Labute approximate surface area is 105 Å². The largest absolute Gasteiger partial charge is 0.478 e. The topological polar surface area (TPSA) is 68.0 Å². The number of aryl methyl sites for hydroxylation is 4. The zero-order valence-electron chi connectivity index (χ0n) is 10.4. The summed E-state index contributed by atoms with van der Waals surface area (Å²) < 4.78 is 1.86. The monoisotopic (exact) mass is 245 g/mol. The third kappa shape index (κ3) is 2.74. The van der Waals surface area contributed by atoms with E-state index in [1.807, 2.05) is 30.7 Å². The molecule has 18 heavy (non-hydrogen) atoms. The van der Waals surface area contributed by atoms with E-state index in [-0.39, 0.29) is 0 Å². The fourth-order valence-corrected chi connectivity index (χ4v) is 1.82. The summed E-state index contributed by atoms with van der Waals surface area (Å²) in [5, 5.41) is 13.1. The third-order valence-corrected chi connectivity index (χ3v) is 2.78. The second-order valence-electron chi connectivity index (χ2n) is 4.18. The minimum Gasteiger partial charge on any atom is -0.478 e. The molecule has 2 rings (SSSR count). The van der Waals surface area contributed by atoms with Gasteiger partial charge in [0.15, 0.2) is 0 Å². The van der Waals surface area contributed by atoms with E-state index < -0.39 is 5.97 Å². The van der Waals surface area contributed by atoms with Crippen molar-refractivity contribution < 1.29 is 9.90 Å². The molecule has 1 aromatic heterocycles. The van der Waals surface area contributed by atoms with Crippen molar-refractivity contribution in [3.8, 4) is 0 Å². The molecule has 1 aromatic carbocycles. The maximum absolute atomic E-state index is 10.7. The molecule has 1 N–H and O–H groups in total. The van der Waals surface area contributed by atoms with Crippen LogP contribution < -0.4 is 0 Å². The quantitative estimate of drug-likeness (QED) is 0.892. The predicted molar refractivity (Wildman–Crippen MR) is 66.6 cm³/mol. The average molecular weight is 245 g/mol. The lowest BCUT2D eigenvalue weighted by Gasteiger charge is -2.04. The Bertz CT molecular complexity index is 558. The lowest BCUT2D eigenvalue weighted by Crippen LogP contribution is -2.05. The summed E-state index contributed by atoms with van der Waals surface area (Å²) in [7, 11) is 0. The maximum Gasteiger partial charge on any atom is 0.335 e. The molecule has 0 bridgehead atoms. The normalized spacial score (nSPS) is 10.6. The van der Waals surface area contributed by atoms with E-state index in [1.54, 1.807) is 12.1 Å². The second kappa shape index (κ2) is 5.00. The molecule has 0 saturated carbocycles. The number of carbonyl (C=O) groups is 1. The molecule has 2 aromatic rings. The van der Waals surface area contributed by atoms with Gasteiger partial charge in [0.05, 0.1) is 5.56 Å². The zero-order chi connectivity index (χ0) is 13.1. The Morgan fingerprint density at radius 1 is 1.28 bits per heavy atom. The first kappa shape index (κ1) is 12.3. The molecular formula is C13H15N3O2.